The topological polar surface area (TPSA) is 43.1 Å². The van der Waals surface area contributed by atoms with Crippen LogP contribution in [0, 0.1) is 0 Å². The fraction of sp³-hybridized carbons (Fsp3) is 0.857. The average molecular weight is 131 g/mol. The Morgan fingerprint density at radius 2 is 1.89 bits per heavy atom. The number of carbonyl (C=O) groups is 1. The summed E-state index contributed by atoms with van der Waals surface area (Å²) in [6, 6.07) is 0. The van der Waals surface area contributed by atoms with Crippen molar-refractivity contribution >= 4 is 5.78 Å². The highest BCUT2D eigenvalue weighted by molar-refractivity contribution is 5.75. The van der Waals surface area contributed by atoms with Crippen molar-refractivity contribution in [2.45, 2.75) is 33.1 Å². The van der Waals surface area contributed by atoms with Gasteiger partial charge in [-0.2, -0.15) is 0 Å². The van der Waals surface area contributed by atoms with Crippen LogP contribution >= 0.6 is 0 Å². The van der Waals surface area contributed by atoms with E-state index in [0.29, 0.717) is 5.78 Å². The van der Waals surface area contributed by atoms with Gasteiger partial charge in [-0.3, -0.25) is 0 Å². The van der Waals surface area contributed by atoms with Crippen molar-refractivity contribution in [3.05, 3.63) is 0 Å². The zero-order valence-corrected chi connectivity index (χ0v) is 6.61. The lowest BCUT2D eigenvalue weighted by Gasteiger charge is -1.86. The Hall–Kier alpha value is -0.370. The summed E-state index contributed by atoms with van der Waals surface area (Å²) in [7, 11) is 1.50. The average Bonchev–Trinajstić information content (AvgIpc) is 1.88. The molecule has 0 bridgehead atoms. The van der Waals surface area contributed by atoms with Crippen LogP contribution in [0.1, 0.15) is 33.1 Å². The van der Waals surface area contributed by atoms with Gasteiger partial charge in [0, 0.05) is 6.42 Å². The van der Waals surface area contributed by atoms with Gasteiger partial charge >= 0.3 is 0 Å². The van der Waals surface area contributed by atoms with Crippen LogP contribution in [0.15, 0.2) is 0 Å². The molecule has 0 aliphatic carbocycles. The normalized spacial score (nSPS) is 7.56. The van der Waals surface area contributed by atoms with Gasteiger partial charge in [-0.1, -0.05) is 13.3 Å². The van der Waals surface area contributed by atoms with E-state index in [2.05, 4.69) is 12.7 Å². The fourth-order valence-corrected chi connectivity index (χ4v) is 0.426. The van der Waals surface area contributed by atoms with Crippen LogP contribution in [0.2, 0.25) is 0 Å². The minimum absolute atomic E-state index is 0.307. The quantitative estimate of drug-likeness (QED) is 0.628. The van der Waals surface area contributed by atoms with Crippen LogP contribution in [-0.2, 0) is 4.79 Å². The second kappa shape index (κ2) is 10.6. The van der Waals surface area contributed by atoms with Gasteiger partial charge in [-0.25, -0.2) is 0 Å². The van der Waals surface area contributed by atoms with Crippen molar-refractivity contribution in [3.8, 4) is 0 Å². The maximum absolute atomic E-state index is 10.2. The number of carbonyl (C=O) groups excluding carboxylic acids is 1. The lowest BCUT2D eigenvalue weighted by atomic mass is 10.2. The molecule has 0 radical (unpaired) electrons. The number of hydrogen-bond donors (Lipinski definition) is 1. The van der Waals surface area contributed by atoms with E-state index in [1.54, 1.807) is 6.92 Å². The Labute approximate surface area is 57.4 Å². The third-order valence-corrected chi connectivity index (χ3v) is 0.882. The highest BCUT2D eigenvalue weighted by atomic mass is 16.1. The molecule has 0 saturated heterocycles. The molecular formula is C7H17NO. The molecule has 9 heavy (non-hydrogen) atoms. The molecule has 2 N–H and O–H groups in total. The van der Waals surface area contributed by atoms with Crippen LogP contribution in [0.4, 0.5) is 0 Å². The van der Waals surface area contributed by atoms with Crippen molar-refractivity contribution < 1.29 is 4.79 Å². The van der Waals surface area contributed by atoms with E-state index >= 15 is 0 Å². The van der Waals surface area contributed by atoms with Crippen molar-refractivity contribution in [1.82, 2.24) is 0 Å². The number of rotatable bonds is 3. The Morgan fingerprint density at radius 3 is 2.00 bits per heavy atom. The maximum Gasteiger partial charge on any atom is 0.129 e. The number of unbranched alkanes of at least 4 members (excludes halogenated alkanes) is 1. The van der Waals surface area contributed by atoms with Crippen molar-refractivity contribution in [1.29, 1.82) is 0 Å². The van der Waals surface area contributed by atoms with Crippen LogP contribution in [0.5, 0.6) is 0 Å². The molecule has 0 unspecified atom stereocenters. The molecule has 0 aromatic carbocycles. The highest BCUT2D eigenvalue weighted by Gasteiger charge is 1.87. The highest BCUT2D eigenvalue weighted by Crippen LogP contribution is 1.92. The van der Waals surface area contributed by atoms with Gasteiger partial charge in [-0.15, -0.1) is 0 Å². The molecule has 2 heteroatoms. The maximum atomic E-state index is 10.2. The second-order valence-electron chi connectivity index (χ2n) is 1.81. The number of Topliss-reactive ketones (excluding diaryl/α,β-unsaturated/α-hetero) is 1. The molecule has 0 fully saturated rings. The van der Waals surface area contributed by atoms with E-state index in [1.165, 1.54) is 7.05 Å². The van der Waals surface area contributed by atoms with Gasteiger partial charge in [-0.05, 0) is 20.4 Å². The molecule has 0 saturated carbocycles. The van der Waals surface area contributed by atoms with E-state index in [4.69, 9.17) is 0 Å². The third-order valence-electron chi connectivity index (χ3n) is 0.882. The van der Waals surface area contributed by atoms with E-state index in [-0.39, 0.29) is 0 Å². The Balaban J connectivity index is 0. The van der Waals surface area contributed by atoms with E-state index in [9.17, 15) is 4.79 Å². The third kappa shape index (κ3) is 18.4. The van der Waals surface area contributed by atoms with E-state index < -0.39 is 0 Å². The molecule has 0 atom stereocenters. The predicted octanol–water partition coefficient (Wildman–Crippen LogP) is 1.34. The van der Waals surface area contributed by atoms with Crippen LogP contribution in [-0.4, -0.2) is 12.8 Å². The van der Waals surface area contributed by atoms with Gasteiger partial charge < -0.3 is 10.5 Å². The number of ketones is 1. The first kappa shape index (κ1) is 11.4. The molecular weight excluding hydrogens is 114 g/mol. The van der Waals surface area contributed by atoms with E-state index in [1.807, 2.05) is 0 Å². The molecule has 0 amide bonds. The Bertz CT molecular complexity index is 61.9. The fourth-order valence-electron chi connectivity index (χ4n) is 0.426. The Kier molecular flexibility index (Phi) is 13.4. The van der Waals surface area contributed by atoms with Gasteiger partial charge in [0.2, 0.25) is 0 Å². The standard InChI is InChI=1S/C6H12O.CH5N/c1-3-4-5-6(2)7;1-2/h3-5H2,1-2H3;2H2,1H3. The minimum atomic E-state index is 0.307. The summed E-state index contributed by atoms with van der Waals surface area (Å²) in [5.74, 6) is 0.307. The number of hydrogen-bond acceptors (Lipinski definition) is 2. The molecule has 0 aliphatic heterocycles. The largest absolute Gasteiger partial charge is 0.333 e. The molecule has 0 aromatic rings. The first-order chi connectivity index (χ1) is 4.27. The van der Waals surface area contributed by atoms with Crippen LogP contribution in [0.3, 0.4) is 0 Å². The predicted molar refractivity (Wildman–Crippen MR) is 40.3 cm³/mol. The smallest absolute Gasteiger partial charge is 0.129 e. The van der Waals surface area contributed by atoms with Crippen LogP contribution in [0.25, 0.3) is 0 Å². The summed E-state index contributed by atoms with van der Waals surface area (Å²) in [5.41, 5.74) is 4.50. The molecule has 0 rings (SSSR count). The molecule has 2 nitrogen and oxygen atoms in total. The van der Waals surface area contributed by atoms with Gasteiger partial charge in [0.25, 0.3) is 0 Å². The summed E-state index contributed by atoms with van der Waals surface area (Å²) >= 11 is 0. The summed E-state index contributed by atoms with van der Waals surface area (Å²) in [4.78, 5) is 10.2. The van der Waals surface area contributed by atoms with Gasteiger partial charge in [0.15, 0.2) is 0 Å². The summed E-state index contributed by atoms with van der Waals surface area (Å²) in [5, 5.41) is 0. The zero-order chi connectivity index (χ0) is 7.70. The first-order valence-corrected chi connectivity index (χ1v) is 3.34. The molecule has 0 aliphatic rings. The number of nitrogens with two attached hydrogens (primary N) is 1. The molecule has 0 heterocycles. The monoisotopic (exact) mass is 131 g/mol. The summed E-state index contributed by atoms with van der Waals surface area (Å²) in [6.45, 7) is 3.72. The summed E-state index contributed by atoms with van der Waals surface area (Å²) < 4.78 is 0. The zero-order valence-electron chi connectivity index (χ0n) is 6.61. The minimum Gasteiger partial charge on any atom is -0.333 e. The SMILES string of the molecule is CCCCC(C)=O.CN. The Morgan fingerprint density at radius 1 is 1.44 bits per heavy atom. The van der Waals surface area contributed by atoms with Gasteiger partial charge in [0.05, 0.1) is 0 Å². The molecule has 0 aromatic heterocycles. The second-order valence-corrected chi connectivity index (χ2v) is 1.81. The lowest BCUT2D eigenvalue weighted by molar-refractivity contribution is -0.117. The van der Waals surface area contributed by atoms with E-state index in [0.717, 1.165) is 19.3 Å². The lowest BCUT2D eigenvalue weighted by Crippen LogP contribution is -1.86. The van der Waals surface area contributed by atoms with Crippen molar-refractivity contribution in [2.75, 3.05) is 7.05 Å². The summed E-state index contributed by atoms with van der Waals surface area (Å²) in [6.07, 6.45) is 2.94. The van der Waals surface area contributed by atoms with Crippen LogP contribution < -0.4 is 5.73 Å². The van der Waals surface area contributed by atoms with Crippen molar-refractivity contribution in [3.63, 3.8) is 0 Å². The molecule has 56 valence electrons. The van der Waals surface area contributed by atoms with Crippen molar-refractivity contribution in [2.24, 2.45) is 5.73 Å². The molecule has 0 spiro atoms. The first-order valence-electron chi connectivity index (χ1n) is 3.34. The van der Waals surface area contributed by atoms with Gasteiger partial charge in [0.1, 0.15) is 5.78 Å².